The van der Waals surface area contributed by atoms with Gasteiger partial charge in [-0.15, -0.1) is 11.3 Å². The van der Waals surface area contributed by atoms with Crippen LogP contribution in [0.1, 0.15) is 52.9 Å². The number of carbonyl (C=O) groups excluding carboxylic acids is 1. The molecule has 5 heteroatoms. The van der Waals surface area contributed by atoms with Crippen LogP contribution in [0.3, 0.4) is 0 Å². The predicted molar refractivity (Wildman–Crippen MR) is 117 cm³/mol. The van der Waals surface area contributed by atoms with E-state index in [0.717, 1.165) is 24.1 Å². The van der Waals surface area contributed by atoms with E-state index in [-0.39, 0.29) is 12.1 Å². The zero-order valence-electron chi connectivity index (χ0n) is 16.7. The fourth-order valence-corrected chi connectivity index (χ4v) is 5.52. The Morgan fingerprint density at radius 3 is 2.64 bits per heavy atom. The summed E-state index contributed by atoms with van der Waals surface area (Å²) in [6.07, 6.45) is 8.91. The second-order valence-corrected chi connectivity index (χ2v) is 8.74. The maximum absolute atomic E-state index is 12.7. The molecule has 28 heavy (non-hydrogen) atoms. The van der Waals surface area contributed by atoms with E-state index in [1.165, 1.54) is 39.4 Å². The highest BCUT2D eigenvalue weighted by Gasteiger charge is 2.26. The average Bonchev–Trinajstić information content (AvgIpc) is 3.31. The number of nitrogens with one attached hydrogen (secondary N) is 2. The molecule has 4 rings (SSSR count). The fraction of sp³-hybridized carbons (Fsp3) is 0.348. The van der Waals surface area contributed by atoms with Gasteiger partial charge in [0, 0.05) is 28.5 Å². The lowest BCUT2D eigenvalue weighted by molar-refractivity contribution is 0.249. The second kappa shape index (κ2) is 7.84. The molecule has 0 saturated carbocycles. The van der Waals surface area contributed by atoms with Crippen molar-refractivity contribution >= 4 is 23.1 Å². The Bertz CT molecular complexity index is 988. The summed E-state index contributed by atoms with van der Waals surface area (Å²) in [6.45, 7) is 6.17. The van der Waals surface area contributed by atoms with Crippen molar-refractivity contribution in [3.63, 3.8) is 0 Å². The van der Waals surface area contributed by atoms with Gasteiger partial charge >= 0.3 is 6.03 Å². The number of rotatable bonds is 4. The van der Waals surface area contributed by atoms with E-state index in [0.29, 0.717) is 0 Å². The Balaban J connectivity index is 1.58. The molecule has 2 heterocycles. The first kappa shape index (κ1) is 18.8. The third-order valence-electron chi connectivity index (χ3n) is 5.44. The van der Waals surface area contributed by atoms with Crippen molar-refractivity contribution in [2.75, 3.05) is 5.32 Å². The molecule has 1 aliphatic carbocycles. The molecule has 0 bridgehead atoms. The lowest BCUT2D eigenvalue weighted by Gasteiger charge is -2.20. The van der Waals surface area contributed by atoms with Gasteiger partial charge in [0.25, 0.3) is 0 Å². The number of hydrogen-bond acceptors (Lipinski definition) is 2. The Morgan fingerprint density at radius 1 is 1.14 bits per heavy atom. The van der Waals surface area contributed by atoms with Crippen LogP contribution in [0.5, 0.6) is 0 Å². The van der Waals surface area contributed by atoms with Gasteiger partial charge in [0.1, 0.15) is 5.00 Å². The minimum absolute atomic E-state index is 0.0544. The van der Waals surface area contributed by atoms with Gasteiger partial charge in [-0.05, 0) is 75.8 Å². The Kier molecular flexibility index (Phi) is 5.27. The number of nitrogens with zero attached hydrogens (tertiary/aromatic N) is 1. The minimum atomic E-state index is -0.159. The van der Waals surface area contributed by atoms with E-state index in [4.69, 9.17) is 0 Å². The number of anilines is 1. The molecule has 0 spiro atoms. The molecule has 0 fully saturated rings. The number of hydrogen-bond donors (Lipinski definition) is 2. The Hall–Kier alpha value is -2.53. The van der Waals surface area contributed by atoms with E-state index < -0.39 is 0 Å². The first-order chi connectivity index (χ1) is 13.5. The van der Waals surface area contributed by atoms with Crippen LogP contribution in [-0.4, -0.2) is 10.6 Å². The highest BCUT2D eigenvalue weighted by atomic mass is 32.1. The molecule has 1 unspecified atom stereocenters. The summed E-state index contributed by atoms with van der Waals surface area (Å²) in [6, 6.07) is 9.95. The van der Waals surface area contributed by atoms with E-state index in [1.54, 1.807) is 0 Å². The summed E-state index contributed by atoms with van der Waals surface area (Å²) in [5.74, 6) is 0. The van der Waals surface area contributed by atoms with E-state index >= 15 is 0 Å². The summed E-state index contributed by atoms with van der Waals surface area (Å²) >= 11 is 1.87. The van der Waals surface area contributed by atoms with Gasteiger partial charge in [-0.2, -0.15) is 0 Å². The van der Waals surface area contributed by atoms with Crippen LogP contribution in [-0.2, 0) is 12.8 Å². The second-order valence-electron chi connectivity index (χ2n) is 7.66. The van der Waals surface area contributed by atoms with Gasteiger partial charge in [-0.1, -0.05) is 17.7 Å². The molecule has 2 amide bonds. The van der Waals surface area contributed by atoms with Crippen LogP contribution >= 0.6 is 11.3 Å². The molecular weight excluding hydrogens is 366 g/mol. The van der Waals surface area contributed by atoms with E-state index in [1.807, 2.05) is 42.5 Å². The summed E-state index contributed by atoms with van der Waals surface area (Å²) in [7, 11) is 0. The monoisotopic (exact) mass is 393 g/mol. The summed E-state index contributed by atoms with van der Waals surface area (Å²) in [5, 5.41) is 7.41. The minimum Gasteiger partial charge on any atom is -0.331 e. The highest BCUT2D eigenvalue weighted by molar-refractivity contribution is 7.15. The van der Waals surface area contributed by atoms with Gasteiger partial charge < -0.3 is 15.2 Å². The van der Waals surface area contributed by atoms with Crippen LogP contribution in [0.4, 0.5) is 10.5 Å². The molecule has 0 aliphatic heterocycles. The molecule has 146 valence electrons. The zero-order chi connectivity index (χ0) is 19.7. The average molecular weight is 394 g/mol. The molecule has 1 aromatic carbocycles. The van der Waals surface area contributed by atoms with Crippen molar-refractivity contribution < 1.29 is 4.79 Å². The van der Waals surface area contributed by atoms with E-state index in [2.05, 4.69) is 47.5 Å². The lowest BCUT2D eigenvalue weighted by Crippen LogP contribution is -2.32. The smallest absolute Gasteiger partial charge is 0.319 e. The fourth-order valence-electron chi connectivity index (χ4n) is 4.07. The number of aromatic nitrogens is 1. The maximum atomic E-state index is 12.7. The van der Waals surface area contributed by atoms with Gasteiger partial charge in [0.05, 0.1) is 6.04 Å². The normalized spacial score (nSPS) is 14.4. The molecule has 0 saturated heterocycles. The van der Waals surface area contributed by atoms with Crippen molar-refractivity contribution in [2.24, 2.45) is 0 Å². The molecule has 2 aromatic heterocycles. The SMILES string of the molecule is Cc1ccc(NC(=O)NC(C)c2c(-n3cccc3)sc3c2CCCC3)c(C)c1. The summed E-state index contributed by atoms with van der Waals surface area (Å²) in [5.41, 5.74) is 5.83. The van der Waals surface area contributed by atoms with Crippen LogP contribution in [0.15, 0.2) is 42.7 Å². The van der Waals surface area contributed by atoms with Gasteiger partial charge in [0.15, 0.2) is 0 Å². The van der Waals surface area contributed by atoms with Crippen LogP contribution < -0.4 is 10.6 Å². The van der Waals surface area contributed by atoms with Crippen molar-refractivity contribution in [2.45, 2.75) is 52.5 Å². The third kappa shape index (κ3) is 3.72. The molecule has 4 nitrogen and oxygen atoms in total. The highest BCUT2D eigenvalue weighted by Crippen LogP contribution is 2.40. The molecule has 2 N–H and O–H groups in total. The van der Waals surface area contributed by atoms with Crippen LogP contribution in [0.25, 0.3) is 5.00 Å². The largest absolute Gasteiger partial charge is 0.331 e. The standard InChI is InChI=1S/C23H27N3OS/c1-15-10-11-19(16(2)14-15)25-23(27)24-17(3)21-18-8-4-5-9-20(18)28-22(21)26-12-6-7-13-26/h6-7,10-14,17H,4-5,8-9H2,1-3H3,(H2,24,25,27). The number of aryl methyl sites for hydroxylation is 3. The van der Waals surface area contributed by atoms with Crippen molar-refractivity contribution in [3.05, 3.63) is 69.9 Å². The number of carbonyl (C=O) groups is 1. The molecular formula is C23H27N3OS. The Labute approximate surface area is 170 Å². The summed E-state index contributed by atoms with van der Waals surface area (Å²) in [4.78, 5) is 14.2. The first-order valence-electron chi connectivity index (χ1n) is 9.95. The van der Waals surface area contributed by atoms with E-state index in [9.17, 15) is 4.79 Å². The predicted octanol–water partition coefficient (Wildman–Crippen LogP) is 5.92. The molecule has 3 aromatic rings. The topological polar surface area (TPSA) is 46.1 Å². The molecule has 1 aliphatic rings. The quantitative estimate of drug-likeness (QED) is 0.568. The van der Waals surface area contributed by atoms with Crippen molar-refractivity contribution in [1.82, 2.24) is 9.88 Å². The molecule has 0 radical (unpaired) electrons. The number of amides is 2. The van der Waals surface area contributed by atoms with Crippen molar-refractivity contribution in [3.8, 4) is 5.00 Å². The lowest BCUT2D eigenvalue weighted by atomic mass is 9.93. The van der Waals surface area contributed by atoms with Gasteiger partial charge in [-0.25, -0.2) is 4.79 Å². The van der Waals surface area contributed by atoms with Crippen molar-refractivity contribution in [1.29, 1.82) is 0 Å². The zero-order valence-corrected chi connectivity index (χ0v) is 17.5. The van der Waals surface area contributed by atoms with Gasteiger partial charge in [0.2, 0.25) is 0 Å². The maximum Gasteiger partial charge on any atom is 0.319 e. The summed E-state index contributed by atoms with van der Waals surface area (Å²) < 4.78 is 2.18. The molecule has 1 atom stereocenters. The van der Waals surface area contributed by atoms with Gasteiger partial charge in [-0.3, -0.25) is 0 Å². The number of urea groups is 1. The number of benzene rings is 1. The first-order valence-corrected chi connectivity index (χ1v) is 10.8. The number of thiophene rings is 1. The Morgan fingerprint density at radius 2 is 1.89 bits per heavy atom. The third-order valence-corrected chi connectivity index (χ3v) is 6.76. The number of fused-ring (bicyclic) bond motifs is 1. The van der Waals surface area contributed by atoms with Crippen LogP contribution in [0, 0.1) is 13.8 Å². The van der Waals surface area contributed by atoms with Crippen LogP contribution in [0.2, 0.25) is 0 Å².